The number of nitrogens with zero attached hydrogens (tertiary/aromatic N) is 3. The van der Waals surface area contributed by atoms with Gasteiger partial charge in [-0.3, -0.25) is 0 Å². The van der Waals surface area contributed by atoms with Crippen molar-refractivity contribution in [1.29, 1.82) is 0 Å². The maximum atomic E-state index is 6.04. The second kappa shape index (κ2) is 4.21. The van der Waals surface area contributed by atoms with Crippen LogP contribution in [-0.4, -0.2) is 20.8 Å². The summed E-state index contributed by atoms with van der Waals surface area (Å²) in [6, 6.07) is 6.65. The van der Waals surface area contributed by atoms with Crippen LogP contribution in [-0.2, 0) is 13.0 Å². The Morgan fingerprint density at radius 2 is 2.11 bits per heavy atom. The SMILES string of the molecule is Cc1ccc(-c2nnc3n2CC(N)CC3)c(C)c1. The van der Waals surface area contributed by atoms with Gasteiger partial charge < -0.3 is 10.3 Å². The Hall–Kier alpha value is -1.68. The Kier molecular flexibility index (Phi) is 2.67. The minimum atomic E-state index is 0.220. The Morgan fingerprint density at radius 3 is 2.89 bits per heavy atom. The summed E-state index contributed by atoms with van der Waals surface area (Å²) in [5.41, 5.74) is 9.71. The van der Waals surface area contributed by atoms with Crippen LogP contribution in [0.15, 0.2) is 18.2 Å². The zero-order valence-corrected chi connectivity index (χ0v) is 10.8. The quantitative estimate of drug-likeness (QED) is 0.830. The Balaban J connectivity index is 2.10. The summed E-state index contributed by atoms with van der Waals surface area (Å²) in [7, 11) is 0. The van der Waals surface area contributed by atoms with E-state index in [4.69, 9.17) is 5.73 Å². The molecule has 0 radical (unpaired) electrons. The molecule has 0 saturated carbocycles. The van der Waals surface area contributed by atoms with Gasteiger partial charge in [0, 0.05) is 24.6 Å². The largest absolute Gasteiger partial charge is 0.326 e. The standard InChI is InChI=1S/C14H18N4/c1-9-3-5-12(10(2)7-9)14-17-16-13-6-4-11(15)8-18(13)14/h3,5,7,11H,4,6,8,15H2,1-2H3. The van der Waals surface area contributed by atoms with Gasteiger partial charge >= 0.3 is 0 Å². The summed E-state index contributed by atoms with van der Waals surface area (Å²) in [5, 5.41) is 8.64. The number of aromatic nitrogens is 3. The average Bonchev–Trinajstić information content (AvgIpc) is 2.72. The van der Waals surface area contributed by atoms with Crippen molar-refractivity contribution in [2.45, 2.75) is 39.3 Å². The van der Waals surface area contributed by atoms with Gasteiger partial charge in [0.2, 0.25) is 0 Å². The lowest BCUT2D eigenvalue weighted by Crippen LogP contribution is -2.32. The van der Waals surface area contributed by atoms with E-state index >= 15 is 0 Å². The van der Waals surface area contributed by atoms with Crippen molar-refractivity contribution in [1.82, 2.24) is 14.8 Å². The molecule has 1 aromatic heterocycles. The van der Waals surface area contributed by atoms with E-state index in [-0.39, 0.29) is 6.04 Å². The second-order valence-corrected chi connectivity index (χ2v) is 5.17. The van der Waals surface area contributed by atoms with E-state index in [9.17, 15) is 0 Å². The van der Waals surface area contributed by atoms with Gasteiger partial charge in [-0.2, -0.15) is 0 Å². The van der Waals surface area contributed by atoms with Gasteiger partial charge in [-0.1, -0.05) is 23.8 Å². The van der Waals surface area contributed by atoms with Gasteiger partial charge in [-0.15, -0.1) is 10.2 Å². The highest BCUT2D eigenvalue weighted by Gasteiger charge is 2.21. The van der Waals surface area contributed by atoms with Gasteiger partial charge in [0.25, 0.3) is 0 Å². The molecule has 2 N–H and O–H groups in total. The molecule has 0 spiro atoms. The third kappa shape index (κ3) is 1.82. The first kappa shape index (κ1) is 11.4. The molecule has 1 unspecified atom stereocenters. The summed E-state index contributed by atoms with van der Waals surface area (Å²) >= 11 is 0. The Bertz CT molecular complexity index is 585. The summed E-state index contributed by atoms with van der Waals surface area (Å²) in [6.07, 6.45) is 1.93. The molecule has 0 amide bonds. The third-order valence-electron chi connectivity index (χ3n) is 3.61. The summed E-state index contributed by atoms with van der Waals surface area (Å²) in [4.78, 5) is 0. The van der Waals surface area contributed by atoms with Crippen LogP contribution < -0.4 is 5.73 Å². The van der Waals surface area contributed by atoms with E-state index in [1.165, 1.54) is 11.1 Å². The number of hydrogen-bond donors (Lipinski definition) is 1. The monoisotopic (exact) mass is 242 g/mol. The van der Waals surface area contributed by atoms with E-state index in [1.54, 1.807) is 0 Å². The van der Waals surface area contributed by atoms with Gasteiger partial charge in [0.15, 0.2) is 5.82 Å². The highest BCUT2D eigenvalue weighted by Crippen LogP contribution is 2.25. The van der Waals surface area contributed by atoms with E-state index < -0.39 is 0 Å². The van der Waals surface area contributed by atoms with Gasteiger partial charge in [0.05, 0.1) is 0 Å². The molecule has 94 valence electrons. The number of rotatable bonds is 1. The maximum Gasteiger partial charge on any atom is 0.164 e. The fourth-order valence-corrected chi connectivity index (χ4v) is 2.62. The van der Waals surface area contributed by atoms with Crippen LogP contribution in [0.25, 0.3) is 11.4 Å². The first-order chi connectivity index (χ1) is 8.65. The zero-order valence-electron chi connectivity index (χ0n) is 10.8. The molecule has 0 fully saturated rings. The molecule has 1 aliphatic rings. The predicted molar refractivity (Wildman–Crippen MR) is 71.2 cm³/mol. The second-order valence-electron chi connectivity index (χ2n) is 5.17. The van der Waals surface area contributed by atoms with Crippen molar-refractivity contribution < 1.29 is 0 Å². The lowest BCUT2D eigenvalue weighted by Gasteiger charge is -2.21. The first-order valence-corrected chi connectivity index (χ1v) is 6.40. The smallest absolute Gasteiger partial charge is 0.164 e. The molecule has 1 aliphatic heterocycles. The minimum Gasteiger partial charge on any atom is -0.326 e. The zero-order chi connectivity index (χ0) is 12.7. The molecule has 3 rings (SSSR count). The topological polar surface area (TPSA) is 56.7 Å². The van der Waals surface area contributed by atoms with Gasteiger partial charge in [-0.05, 0) is 25.8 Å². The molecule has 0 saturated heterocycles. The highest BCUT2D eigenvalue weighted by atomic mass is 15.3. The molecule has 0 bridgehead atoms. The lowest BCUT2D eigenvalue weighted by atomic mass is 10.0. The molecule has 4 heteroatoms. The van der Waals surface area contributed by atoms with Crippen LogP contribution in [0, 0.1) is 13.8 Å². The lowest BCUT2D eigenvalue weighted by molar-refractivity contribution is 0.456. The van der Waals surface area contributed by atoms with E-state index in [0.717, 1.165) is 36.6 Å². The molecule has 1 aromatic carbocycles. The first-order valence-electron chi connectivity index (χ1n) is 6.40. The number of benzene rings is 1. The van der Waals surface area contributed by atoms with Crippen molar-refractivity contribution in [3.63, 3.8) is 0 Å². The molecule has 1 atom stereocenters. The van der Waals surface area contributed by atoms with Crippen molar-refractivity contribution in [2.75, 3.05) is 0 Å². The summed E-state index contributed by atoms with van der Waals surface area (Å²) in [5.74, 6) is 2.02. The van der Waals surface area contributed by atoms with Crippen LogP contribution in [0.2, 0.25) is 0 Å². The summed E-state index contributed by atoms with van der Waals surface area (Å²) < 4.78 is 2.17. The van der Waals surface area contributed by atoms with E-state index in [0.29, 0.717) is 0 Å². The molecule has 4 nitrogen and oxygen atoms in total. The number of nitrogens with two attached hydrogens (primary N) is 1. The fourth-order valence-electron chi connectivity index (χ4n) is 2.62. The van der Waals surface area contributed by atoms with Crippen LogP contribution >= 0.6 is 0 Å². The third-order valence-corrected chi connectivity index (χ3v) is 3.61. The number of hydrogen-bond acceptors (Lipinski definition) is 3. The predicted octanol–water partition coefficient (Wildman–Crippen LogP) is 1.84. The molecular weight excluding hydrogens is 224 g/mol. The molecular formula is C14H18N4. The number of aryl methyl sites for hydroxylation is 3. The Morgan fingerprint density at radius 1 is 1.28 bits per heavy atom. The van der Waals surface area contributed by atoms with Gasteiger partial charge in [0.1, 0.15) is 5.82 Å². The van der Waals surface area contributed by atoms with Crippen LogP contribution in [0.5, 0.6) is 0 Å². The van der Waals surface area contributed by atoms with Crippen LogP contribution in [0.1, 0.15) is 23.4 Å². The fraction of sp³-hybridized carbons (Fsp3) is 0.429. The highest BCUT2D eigenvalue weighted by molar-refractivity contribution is 5.61. The average molecular weight is 242 g/mol. The van der Waals surface area contributed by atoms with Gasteiger partial charge in [-0.25, -0.2) is 0 Å². The van der Waals surface area contributed by atoms with Crippen molar-refractivity contribution in [3.8, 4) is 11.4 Å². The van der Waals surface area contributed by atoms with Crippen molar-refractivity contribution in [3.05, 3.63) is 35.2 Å². The van der Waals surface area contributed by atoms with Crippen molar-refractivity contribution in [2.24, 2.45) is 5.73 Å². The maximum absolute atomic E-state index is 6.04. The molecule has 0 aliphatic carbocycles. The molecule has 2 heterocycles. The van der Waals surface area contributed by atoms with E-state index in [2.05, 4.69) is 46.8 Å². The normalized spacial score (nSPS) is 18.7. The number of fused-ring (bicyclic) bond motifs is 1. The van der Waals surface area contributed by atoms with E-state index in [1.807, 2.05) is 0 Å². The van der Waals surface area contributed by atoms with Crippen LogP contribution in [0.4, 0.5) is 0 Å². The minimum absolute atomic E-state index is 0.220. The molecule has 18 heavy (non-hydrogen) atoms. The Labute approximate surface area is 107 Å². The van der Waals surface area contributed by atoms with Crippen molar-refractivity contribution >= 4 is 0 Å². The van der Waals surface area contributed by atoms with Crippen LogP contribution in [0.3, 0.4) is 0 Å². The summed E-state index contributed by atoms with van der Waals surface area (Å²) in [6.45, 7) is 5.05. The molecule has 2 aromatic rings.